The van der Waals surface area contributed by atoms with Crippen LogP contribution in [0.15, 0.2) is 23.4 Å². The zero-order valence-corrected chi connectivity index (χ0v) is 13.5. The van der Waals surface area contributed by atoms with E-state index in [9.17, 15) is 8.42 Å². The van der Waals surface area contributed by atoms with Crippen LogP contribution in [0.25, 0.3) is 0 Å². The summed E-state index contributed by atoms with van der Waals surface area (Å²) < 4.78 is 36.8. The maximum atomic E-state index is 12.7. The number of aromatic nitrogens is 1. The number of hydrogen-bond acceptors (Lipinski definition) is 6. The highest BCUT2D eigenvalue weighted by atomic mass is 32.2. The monoisotopic (exact) mass is 317 g/mol. The highest BCUT2D eigenvalue weighted by Crippen LogP contribution is 2.21. The number of sulfonamides is 1. The average Bonchev–Trinajstić information content (AvgIpc) is 2.50. The lowest BCUT2D eigenvalue weighted by atomic mass is 10.4. The van der Waals surface area contributed by atoms with Crippen LogP contribution in [0, 0.1) is 0 Å². The van der Waals surface area contributed by atoms with Crippen molar-refractivity contribution in [3.05, 3.63) is 18.3 Å². The number of nitrogens with one attached hydrogen (secondary N) is 1. The van der Waals surface area contributed by atoms with Gasteiger partial charge in [0.05, 0.1) is 12.3 Å². The van der Waals surface area contributed by atoms with Crippen molar-refractivity contribution < 1.29 is 17.9 Å². The first-order valence-corrected chi connectivity index (χ1v) is 8.12. The first kappa shape index (κ1) is 17.8. The largest absolute Gasteiger partial charge is 0.386 e. The van der Waals surface area contributed by atoms with Crippen molar-refractivity contribution >= 4 is 15.7 Å². The Kier molecular flexibility index (Phi) is 7.58. The van der Waals surface area contributed by atoms with Gasteiger partial charge < -0.3 is 14.8 Å². The number of rotatable bonds is 10. The van der Waals surface area contributed by atoms with Gasteiger partial charge in [-0.2, -0.15) is 4.31 Å². The summed E-state index contributed by atoms with van der Waals surface area (Å²) in [6.45, 7) is 1.47. The Hall–Kier alpha value is -1.22. The minimum Gasteiger partial charge on any atom is -0.386 e. The van der Waals surface area contributed by atoms with Crippen molar-refractivity contribution in [3.63, 3.8) is 0 Å². The molecule has 0 aromatic carbocycles. The number of ether oxygens (including phenoxy) is 2. The quantitative estimate of drug-likeness (QED) is 0.643. The van der Waals surface area contributed by atoms with Gasteiger partial charge in [0.2, 0.25) is 0 Å². The van der Waals surface area contributed by atoms with Crippen molar-refractivity contribution in [2.75, 3.05) is 52.9 Å². The molecule has 7 nitrogen and oxygen atoms in total. The number of nitrogens with zero attached hydrogens (tertiary/aromatic N) is 2. The Morgan fingerprint density at radius 2 is 1.95 bits per heavy atom. The van der Waals surface area contributed by atoms with Crippen LogP contribution in [0.5, 0.6) is 0 Å². The standard InChI is InChI=1S/C13H23N3O4S/c1-14-12-6-4-7-15-13(12)21(17,18)16(9-11-20-3)8-5-10-19-2/h4,6-7,14H,5,8-11H2,1-3H3. The van der Waals surface area contributed by atoms with E-state index in [4.69, 9.17) is 9.47 Å². The molecule has 0 aliphatic carbocycles. The number of hydrogen-bond donors (Lipinski definition) is 1. The van der Waals surface area contributed by atoms with Crippen molar-refractivity contribution in [1.82, 2.24) is 9.29 Å². The topological polar surface area (TPSA) is 80.8 Å². The lowest BCUT2D eigenvalue weighted by Crippen LogP contribution is -2.36. The summed E-state index contributed by atoms with van der Waals surface area (Å²) in [4.78, 5) is 4.01. The van der Waals surface area contributed by atoms with E-state index in [-0.39, 0.29) is 11.6 Å². The van der Waals surface area contributed by atoms with Gasteiger partial charge >= 0.3 is 0 Å². The van der Waals surface area contributed by atoms with Crippen molar-refractivity contribution in [2.24, 2.45) is 0 Å². The zero-order chi connectivity index (χ0) is 15.7. The molecule has 1 rings (SSSR count). The smallest absolute Gasteiger partial charge is 0.262 e. The highest BCUT2D eigenvalue weighted by Gasteiger charge is 2.27. The van der Waals surface area contributed by atoms with Gasteiger partial charge in [-0.1, -0.05) is 0 Å². The van der Waals surface area contributed by atoms with E-state index in [1.54, 1.807) is 33.4 Å². The molecule has 1 N–H and O–H groups in total. The molecule has 0 bridgehead atoms. The fourth-order valence-electron chi connectivity index (χ4n) is 1.84. The summed E-state index contributed by atoms with van der Waals surface area (Å²) in [5, 5.41) is 2.88. The zero-order valence-electron chi connectivity index (χ0n) is 12.7. The van der Waals surface area contributed by atoms with Gasteiger partial charge in [-0.3, -0.25) is 0 Å². The lowest BCUT2D eigenvalue weighted by Gasteiger charge is -2.22. The molecule has 0 saturated heterocycles. The van der Waals surface area contributed by atoms with Crippen LogP contribution in [0.3, 0.4) is 0 Å². The Morgan fingerprint density at radius 1 is 1.24 bits per heavy atom. The molecule has 0 amide bonds. The molecule has 0 atom stereocenters. The van der Waals surface area contributed by atoms with Gasteiger partial charge in [0, 0.05) is 47.2 Å². The summed E-state index contributed by atoms with van der Waals surface area (Å²) in [6, 6.07) is 3.37. The van der Waals surface area contributed by atoms with Crippen LogP contribution in [-0.2, 0) is 19.5 Å². The molecule has 0 aliphatic heterocycles. The van der Waals surface area contributed by atoms with Crippen LogP contribution in [0.1, 0.15) is 6.42 Å². The second-order valence-electron chi connectivity index (χ2n) is 4.35. The van der Waals surface area contributed by atoms with Gasteiger partial charge in [-0.15, -0.1) is 0 Å². The van der Waals surface area contributed by atoms with E-state index in [2.05, 4.69) is 10.3 Å². The summed E-state index contributed by atoms with van der Waals surface area (Å²) >= 11 is 0. The van der Waals surface area contributed by atoms with E-state index in [1.807, 2.05) is 0 Å². The minimum atomic E-state index is -3.67. The summed E-state index contributed by atoms with van der Waals surface area (Å²) in [7, 11) is 1.13. The predicted molar refractivity (Wildman–Crippen MR) is 80.9 cm³/mol. The molecule has 1 heterocycles. The fraction of sp³-hybridized carbons (Fsp3) is 0.615. The van der Waals surface area contributed by atoms with Crippen molar-refractivity contribution in [2.45, 2.75) is 11.4 Å². The van der Waals surface area contributed by atoms with Crippen LogP contribution < -0.4 is 5.32 Å². The van der Waals surface area contributed by atoms with Gasteiger partial charge in [0.1, 0.15) is 0 Å². The third kappa shape index (κ3) is 4.92. The maximum absolute atomic E-state index is 12.7. The van der Waals surface area contributed by atoms with Gasteiger partial charge in [-0.25, -0.2) is 13.4 Å². The second-order valence-corrected chi connectivity index (χ2v) is 6.20. The molecule has 0 radical (unpaired) electrons. The number of methoxy groups -OCH3 is 2. The molecule has 0 aliphatic rings. The highest BCUT2D eigenvalue weighted by molar-refractivity contribution is 7.89. The fourth-order valence-corrected chi connectivity index (χ4v) is 3.41. The Labute approximate surface area is 126 Å². The van der Waals surface area contributed by atoms with E-state index in [1.165, 1.54) is 10.5 Å². The molecule has 120 valence electrons. The van der Waals surface area contributed by atoms with Crippen LogP contribution in [-0.4, -0.2) is 65.3 Å². The summed E-state index contributed by atoms with van der Waals surface area (Å²) in [6.07, 6.45) is 2.08. The second kappa shape index (κ2) is 8.93. The third-order valence-corrected chi connectivity index (χ3v) is 4.78. The molecule has 8 heteroatoms. The van der Waals surface area contributed by atoms with Crippen LogP contribution in [0.2, 0.25) is 0 Å². The van der Waals surface area contributed by atoms with Gasteiger partial charge in [-0.05, 0) is 18.6 Å². The molecule has 21 heavy (non-hydrogen) atoms. The lowest BCUT2D eigenvalue weighted by molar-refractivity contribution is 0.164. The van der Waals surface area contributed by atoms with E-state index < -0.39 is 10.0 Å². The van der Waals surface area contributed by atoms with Gasteiger partial charge in [0.25, 0.3) is 10.0 Å². The van der Waals surface area contributed by atoms with Crippen LogP contribution >= 0.6 is 0 Å². The summed E-state index contributed by atoms with van der Waals surface area (Å²) in [5.41, 5.74) is 0.478. The van der Waals surface area contributed by atoms with Crippen LogP contribution in [0.4, 0.5) is 5.69 Å². The molecular weight excluding hydrogens is 294 g/mol. The van der Waals surface area contributed by atoms with E-state index >= 15 is 0 Å². The van der Waals surface area contributed by atoms with E-state index in [0.717, 1.165) is 0 Å². The van der Waals surface area contributed by atoms with Crippen molar-refractivity contribution in [1.29, 1.82) is 0 Å². The SMILES string of the molecule is CNc1cccnc1S(=O)(=O)N(CCCOC)CCOC. The minimum absolute atomic E-state index is 0.0287. The molecule has 1 aromatic rings. The molecular formula is C13H23N3O4S. The molecule has 0 saturated carbocycles. The Bertz CT molecular complexity index is 522. The number of pyridine rings is 1. The van der Waals surface area contributed by atoms with Crippen molar-refractivity contribution in [3.8, 4) is 0 Å². The first-order valence-electron chi connectivity index (χ1n) is 6.68. The first-order chi connectivity index (χ1) is 10.1. The molecule has 0 spiro atoms. The molecule has 0 unspecified atom stereocenters. The molecule has 0 fully saturated rings. The predicted octanol–water partition coefficient (Wildman–Crippen LogP) is 0.797. The molecule has 1 aromatic heterocycles. The average molecular weight is 317 g/mol. The van der Waals surface area contributed by atoms with E-state index in [0.29, 0.717) is 31.9 Å². The number of anilines is 1. The normalized spacial score (nSPS) is 11.8. The maximum Gasteiger partial charge on any atom is 0.262 e. The Balaban J connectivity index is 3.01. The summed E-state index contributed by atoms with van der Waals surface area (Å²) in [5.74, 6) is 0. The Morgan fingerprint density at radius 3 is 2.57 bits per heavy atom. The third-order valence-electron chi connectivity index (χ3n) is 2.93. The van der Waals surface area contributed by atoms with Gasteiger partial charge in [0.15, 0.2) is 5.03 Å².